The summed E-state index contributed by atoms with van der Waals surface area (Å²) in [7, 11) is -1.40. The van der Waals surface area contributed by atoms with E-state index in [4.69, 9.17) is 17.6 Å². The number of pyridine rings is 1. The van der Waals surface area contributed by atoms with Crippen molar-refractivity contribution in [1.82, 2.24) is 14.5 Å². The Morgan fingerprint density at radius 2 is 1.25 bits per heavy atom. The largest absolute Gasteiger partial charge is 0.501 e. The van der Waals surface area contributed by atoms with Crippen molar-refractivity contribution >= 4 is 46.2 Å². The smallest absolute Gasteiger partial charge is 0.121 e. The number of nitrogens with zero attached hydrogens (tertiary/aromatic N) is 3. The minimum atomic E-state index is -2.23. The van der Waals surface area contributed by atoms with E-state index in [1.165, 1.54) is 22.0 Å². The molecular weight excluding hydrogens is 1060 g/mol. The Hall–Kier alpha value is -6.95. The molecule has 0 fully saturated rings. The van der Waals surface area contributed by atoms with Crippen molar-refractivity contribution in [3.05, 3.63) is 217 Å². The van der Waals surface area contributed by atoms with Crippen molar-refractivity contribution in [1.29, 1.82) is 0 Å². The van der Waals surface area contributed by atoms with Gasteiger partial charge in [-0.15, -0.1) is 47.5 Å². The van der Waals surface area contributed by atoms with Gasteiger partial charge in [0.1, 0.15) is 5.58 Å². The zero-order valence-electron chi connectivity index (χ0n) is 47.1. The molecule has 0 unspecified atom stereocenters. The van der Waals surface area contributed by atoms with Gasteiger partial charge in [0, 0.05) is 45.6 Å². The van der Waals surface area contributed by atoms with Crippen LogP contribution >= 0.6 is 0 Å². The number of aromatic nitrogens is 3. The third-order valence-corrected chi connectivity index (χ3v) is 15.2. The molecule has 0 aliphatic carbocycles. The van der Waals surface area contributed by atoms with Crippen molar-refractivity contribution in [3.8, 4) is 61.7 Å². The van der Waals surface area contributed by atoms with E-state index in [0.29, 0.717) is 34.1 Å². The second-order valence-corrected chi connectivity index (χ2v) is 24.7. The van der Waals surface area contributed by atoms with Gasteiger partial charge in [-0.05, 0) is 98.3 Å². The van der Waals surface area contributed by atoms with Crippen LogP contribution < -0.4 is 5.19 Å². The van der Waals surface area contributed by atoms with Crippen molar-refractivity contribution in [2.75, 3.05) is 0 Å². The molecule has 0 bridgehead atoms. The summed E-state index contributed by atoms with van der Waals surface area (Å²) in [5, 5.41) is 3.28. The van der Waals surface area contributed by atoms with Crippen LogP contribution in [0.1, 0.15) is 70.0 Å². The molecule has 0 saturated heterocycles. The van der Waals surface area contributed by atoms with E-state index in [0.717, 1.165) is 77.9 Å². The minimum Gasteiger partial charge on any atom is -0.501 e. The third-order valence-electron chi connectivity index (χ3n) is 13.2. The zero-order valence-corrected chi connectivity index (χ0v) is 44.5. The average Bonchev–Trinajstić information content (AvgIpc) is 4.02. The second-order valence-electron chi connectivity index (χ2n) is 19.6. The molecule has 0 atom stereocenters. The van der Waals surface area contributed by atoms with E-state index >= 15 is 0 Å². The number of aryl methyl sites for hydroxylation is 2. The Labute approximate surface area is 442 Å². The number of furan rings is 1. The van der Waals surface area contributed by atoms with E-state index in [1.54, 1.807) is 12.1 Å². The Balaban J connectivity index is 0.000000226. The van der Waals surface area contributed by atoms with Crippen LogP contribution in [0.3, 0.4) is 0 Å². The molecule has 0 saturated carbocycles. The molecule has 1 radical (unpaired) electrons. The molecule has 3 heterocycles. The van der Waals surface area contributed by atoms with Crippen molar-refractivity contribution in [2.45, 2.75) is 72.9 Å². The van der Waals surface area contributed by atoms with Gasteiger partial charge in [0.15, 0.2) is 0 Å². The topological polar surface area (TPSA) is 43.9 Å². The van der Waals surface area contributed by atoms with Crippen LogP contribution in [0.25, 0.3) is 94.7 Å². The van der Waals surface area contributed by atoms with Crippen LogP contribution in [0.15, 0.2) is 187 Å². The number of imidazole rings is 1. The van der Waals surface area contributed by atoms with E-state index in [9.17, 15) is 0 Å². The Morgan fingerprint density at radius 1 is 0.606 bits per heavy atom. The molecule has 11 rings (SSSR count). The molecule has 6 heteroatoms. The first kappa shape index (κ1) is 41.8. The monoisotopic (exact) mass is 1120 g/mol. The minimum absolute atomic E-state index is 0. The molecule has 8 aromatic carbocycles. The quantitative estimate of drug-likeness (QED) is 0.107. The predicted molar refractivity (Wildman–Crippen MR) is 298 cm³/mol. The third kappa shape index (κ3) is 9.77. The van der Waals surface area contributed by atoms with E-state index < -0.39 is 21.8 Å². The van der Waals surface area contributed by atoms with Gasteiger partial charge >= 0.3 is 0 Å². The predicted octanol–water partition coefficient (Wildman–Crippen LogP) is 17.3. The fourth-order valence-corrected chi connectivity index (χ4v) is 10.4. The Bertz CT molecular complexity index is 3870. The molecule has 71 heavy (non-hydrogen) atoms. The Kier molecular flexibility index (Phi) is 12.0. The van der Waals surface area contributed by atoms with Gasteiger partial charge < -0.3 is 14.0 Å². The zero-order chi connectivity index (χ0) is 53.7. The first-order chi connectivity index (χ1) is 36.3. The molecule has 0 N–H and O–H groups in total. The Morgan fingerprint density at radius 3 is 1.90 bits per heavy atom. The summed E-state index contributed by atoms with van der Waals surface area (Å²) in [6, 6.07) is 64.3. The number of para-hydroxylation sites is 3. The van der Waals surface area contributed by atoms with Gasteiger partial charge in [0.25, 0.3) is 0 Å². The number of fused-ring (bicyclic) bond motifs is 4. The summed E-state index contributed by atoms with van der Waals surface area (Å²) >= 11 is 0. The van der Waals surface area contributed by atoms with Gasteiger partial charge in [-0.2, -0.15) is 0 Å². The molecule has 0 aliphatic rings. The number of hydrogen-bond acceptors (Lipinski definition) is 3. The molecule has 0 amide bonds. The summed E-state index contributed by atoms with van der Waals surface area (Å²) in [6.45, 7) is 11.4. The average molecular weight is 1120 g/mol. The summed E-state index contributed by atoms with van der Waals surface area (Å²) in [6.07, 6.45) is 1.94. The van der Waals surface area contributed by atoms with Crippen LogP contribution in [0, 0.1) is 25.8 Å². The molecule has 11 aromatic rings. The number of hydrogen-bond donors (Lipinski definition) is 0. The SMILES string of the molecule is [2H]C([2H])([2H])c1c[c-]c(-c2ccc([Si](C)(C)C)cn2)cc1-c1ccccc1.[2H]C([2H])([2H])c1ccc(-c2ccc3c(c2)oc2c(-c4nc5ccccc5n4-c4c(C(C)C)cccc4C(C)C)[c-]ccc23)cc1-c1ccccc1.[Ir]. The molecule has 0 aliphatic heterocycles. The first-order valence-electron chi connectivity index (χ1n) is 27.0. The van der Waals surface area contributed by atoms with Crippen LogP contribution in [-0.2, 0) is 20.1 Å². The fraction of sp³-hybridized carbons (Fsp3) is 0.169. The van der Waals surface area contributed by atoms with Gasteiger partial charge in [0.2, 0.25) is 0 Å². The maximum Gasteiger partial charge on any atom is 0.121 e. The number of rotatable bonds is 9. The van der Waals surface area contributed by atoms with Gasteiger partial charge in [-0.3, -0.25) is 4.98 Å². The summed E-state index contributed by atoms with van der Waals surface area (Å²) in [4.78, 5) is 9.84. The van der Waals surface area contributed by atoms with Crippen LogP contribution in [0.2, 0.25) is 19.6 Å². The van der Waals surface area contributed by atoms with Gasteiger partial charge in [-0.1, -0.05) is 198 Å². The van der Waals surface area contributed by atoms with Crippen molar-refractivity contribution in [2.24, 2.45) is 0 Å². The van der Waals surface area contributed by atoms with Crippen molar-refractivity contribution in [3.63, 3.8) is 0 Å². The fourth-order valence-electron chi connectivity index (χ4n) is 9.35. The van der Waals surface area contributed by atoms with E-state index in [-0.39, 0.29) is 20.1 Å². The molecule has 0 spiro atoms. The van der Waals surface area contributed by atoms with Crippen LogP contribution in [0.4, 0.5) is 0 Å². The molecule has 3 aromatic heterocycles. The summed E-state index contributed by atoms with van der Waals surface area (Å²) in [5.74, 6) is 1.40. The number of benzene rings is 8. The second kappa shape index (κ2) is 20.4. The van der Waals surface area contributed by atoms with E-state index in [1.807, 2.05) is 109 Å². The van der Waals surface area contributed by atoms with Crippen LogP contribution in [-0.4, -0.2) is 22.6 Å². The molecule has 4 nitrogen and oxygen atoms in total. The van der Waals surface area contributed by atoms with Crippen molar-refractivity contribution < 1.29 is 32.7 Å². The summed E-state index contributed by atoms with van der Waals surface area (Å²) < 4.78 is 57.1. The normalized spacial score (nSPS) is 13.2. The maximum atomic E-state index is 8.18. The van der Waals surface area contributed by atoms with Gasteiger partial charge in [-0.25, -0.2) is 0 Å². The maximum absolute atomic E-state index is 8.18. The van der Waals surface area contributed by atoms with E-state index in [2.05, 4.69) is 130 Å². The van der Waals surface area contributed by atoms with Gasteiger partial charge in [0.05, 0.1) is 30.5 Å². The van der Waals surface area contributed by atoms with Crippen LogP contribution in [0.5, 0.6) is 0 Å². The molecular formula is C65H59IrN3OSi-2. The summed E-state index contributed by atoms with van der Waals surface area (Å²) in [5.41, 5.74) is 15.2. The molecule has 355 valence electrons. The first-order valence-corrected chi connectivity index (χ1v) is 27.5. The standard InChI is InChI=1S/C44H37N2O.C21H22NSi.Ir/c1-27(2)33-15-11-16-34(28(3)4)42(33)46-40-20-10-9-19-39(40)45-44(46)37-18-12-17-36-35-24-23-32(26-41(35)47-43(36)37)31-22-21-29(5)38(25-31)30-13-7-6-8-14-30;1-16-10-11-18(14-20(16)17-8-6-5-7-9-17)21-13-12-19(15-22-21)23(2,3)4;/h6-17,19-28H,1-5H3;5-10,12-15H,1-4H3;/q2*-1;/i5D3;1D3;.